The number of aryl methyl sites for hydroxylation is 1. The number of hydrogen-bond donors (Lipinski definition) is 1. The van der Waals surface area contributed by atoms with Gasteiger partial charge in [-0.05, 0) is 19.1 Å². The van der Waals surface area contributed by atoms with Crippen LogP contribution in [0.15, 0.2) is 18.2 Å². The van der Waals surface area contributed by atoms with Gasteiger partial charge in [-0.2, -0.15) is 0 Å². The maximum atomic E-state index is 11.1. The van der Waals surface area contributed by atoms with Crippen molar-refractivity contribution < 1.29 is 14.6 Å². The fourth-order valence-electron chi connectivity index (χ4n) is 1.74. The summed E-state index contributed by atoms with van der Waals surface area (Å²) in [6.07, 6.45) is -0.901. The topological polar surface area (TPSA) is 59.4 Å². The predicted molar refractivity (Wildman–Crippen MR) is 60.4 cm³/mol. The number of ether oxygens (including phenoxy) is 1. The standard InChI is InChI=1S/C12H17NO3/c1-8-6-5-7-9(13-8)12(2,3)10(16-4)11(14)15/h5-7,10H,1-4H3,(H,14,15). The van der Waals surface area contributed by atoms with Crippen LogP contribution >= 0.6 is 0 Å². The number of carboxylic acid groups (broad SMARTS) is 1. The first-order valence-corrected chi connectivity index (χ1v) is 5.09. The molecule has 0 aromatic carbocycles. The fourth-order valence-corrected chi connectivity index (χ4v) is 1.74. The molecule has 0 fully saturated rings. The van der Waals surface area contributed by atoms with Crippen molar-refractivity contribution >= 4 is 5.97 Å². The van der Waals surface area contributed by atoms with Crippen molar-refractivity contribution in [3.05, 3.63) is 29.6 Å². The highest BCUT2D eigenvalue weighted by atomic mass is 16.5. The third-order valence-electron chi connectivity index (χ3n) is 2.66. The van der Waals surface area contributed by atoms with Gasteiger partial charge in [0.15, 0.2) is 6.10 Å². The molecule has 0 radical (unpaired) electrons. The summed E-state index contributed by atoms with van der Waals surface area (Å²) < 4.78 is 5.03. The Morgan fingerprint density at radius 1 is 1.50 bits per heavy atom. The Morgan fingerprint density at radius 3 is 2.56 bits per heavy atom. The zero-order valence-electron chi connectivity index (χ0n) is 10.0. The monoisotopic (exact) mass is 223 g/mol. The lowest BCUT2D eigenvalue weighted by Crippen LogP contribution is -2.42. The van der Waals surface area contributed by atoms with Crippen molar-refractivity contribution in [1.29, 1.82) is 0 Å². The number of methoxy groups -OCH3 is 1. The minimum Gasteiger partial charge on any atom is -0.479 e. The second kappa shape index (κ2) is 4.61. The van der Waals surface area contributed by atoms with Crippen molar-refractivity contribution in [3.63, 3.8) is 0 Å². The van der Waals surface area contributed by atoms with Gasteiger partial charge < -0.3 is 9.84 Å². The predicted octanol–water partition coefficient (Wildman–Crippen LogP) is 1.77. The smallest absolute Gasteiger partial charge is 0.333 e. The summed E-state index contributed by atoms with van der Waals surface area (Å²) in [5.41, 5.74) is 0.930. The molecule has 4 nitrogen and oxygen atoms in total. The molecule has 0 bridgehead atoms. The molecule has 4 heteroatoms. The zero-order chi connectivity index (χ0) is 12.3. The maximum absolute atomic E-state index is 11.1. The molecule has 1 rings (SSSR count). The van der Waals surface area contributed by atoms with Gasteiger partial charge in [0.1, 0.15) is 0 Å². The van der Waals surface area contributed by atoms with E-state index in [1.54, 1.807) is 0 Å². The molecular formula is C12H17NO3. The number of hydrogen-bond acceptors (Lipinski definition) is 3. The number of rotatable bonds is 4. The van der Waals surface area contributed by atoms with Crippen LogP contribution in [-0.4, -0.2) is 29.3 Å². The molecule has 0 aliphatic rings. The summed E-state index contributed by atoms with van der Waals surface area (Å²) in [6.45, 7) is 5.51. The molecule has 0 aliphatic heterocycles. The van der Waals surface area contributed by atoms with Crippen molar-refractivity contribution in [2.24, 2.45) is 0 Å². The average molecular weight is 223 g/mol. The molecule has 1 aromatic heterocycles. The van der Waals surface area contributed by atoms with Crippen molar-refractivity contribution in [2.75, 3.05) is 7.11 Å². The van der Waals surface area contributed by atoms with Gasteiger partial charge in [0.2, 0.25) is 0 Å². The van der Waals surface area contributed by atoms with Crippen LogP contribution in [-0.2, 0) is 14.9 Å². The van der Waals surface area contributed by atoms with E-state index < -0.39 is 17.5 Å². The van der Waals surface area contributed by atoms with Gasteiger partial charge in [-0.25, -0.2) is 4.79 Å². The Bertz CT molecular complexity index is 388. The first-order valence-electron chi connectivity index (χ1n) is 5.09. The van der Waals surface area contributed by atoms with Crippen LogP contribution in [0.5, 0.6) is 0 Å². The quantitative estimate of drug-likeness (QED) is 0.845. The molecule has 1 N–H and O–H groups in total. The van der Waals surface area contributed by atoms with Crippen molar-refractivity contribution in [1.82, 2.24) is 4.98 Å². The highest BCUT2D eigenvalue weighted by molar-refractivity contribution is 5.74. The second-order valence-corrected chi connectivity index (χ2v) is 4.34. The number of pyridine rings is 1. The Balaban J connectivity index is 3.13. The molecule has 0 spiro atoms. The maximum Gasteiger partial charge on any atom is 0.333 e. The number of aromatic nitrogens is 1. The van der Waals surface area contributed by atoms with E-state index in [0.717, 1.165) is 11.4 Å². The molecule has 1 atom stereocenters. The number of carbonyl (C=O) groups is 1. The van der Waals surface area contributed by atoms with E-state index in [1.807, 2.05) is 39.0 Å². The first kappa shape index (κ1) is 12.6. The van der Waals surface area contributed by atoms with Gasteiger partial charge in [-0.15, -0.1) is 0 Å². The number of nitrogens with zero attached hydrogens (tertiary/aromatic N) is 1. The molecule has 88 valence electrons. The van der Waals surface area contributed by atoms with Crippen LogP contribution in [0, 0.1) is 6.92 Å². The average Bonchev–Trinajstić information content (AvgIpc) is 2.17. The lowest BCUT2D eigenvalue weighted by molar-refractivity contribution is -0.152. The lowest BCUT2D eigenvalue weighted by Gasteiger charge is -2.29. The third-order valence-corrected chi connectivity index (χ3v) is 2.66. The molecule has 0 aliphatic carbocycles. The lowest BCUT2D eigenvalue weighted by atomic mass is 9.82. The second-order valence-electron chi connectivity index (χ2n) is 4.34. The van der Waals surface area contributed by atoms with Crippen LogP contribution in [0.25, 0.3) is 0 Å². The van der Waals surface area contributed by atoms with Crippen LogP contribution in [0.1, 0.15) is 25.2 Å². The van der Waals surface area contributed by atoms with Gasteiger partial charge in [-0.1, -0.05) is 19.9 Å². The zero-order valence-corrected chi connectivity index (χ0v) is 10.0. The Kier molecular flexibility index (Phi) is 3.65. The molecule has 0 saturated carbocycles. The summed E-state index contributed by atoms with van der Waals surface area (Å²) in [4.78, 5) is 15.4. The largest absolute Gasteiger partial charge is 0.479 e. The van der Waals surface area contributed by atoms with E-state index in [2.05, 4.69) is 4.98 Å². The normalized spacial score (nSPS) is 13.5. The minimum atomic E-state index is -0.976. The van der Waals surface area contributed by atoms with E-state index in [9.17, 15) is 4.79 Å². The number of aliphatic carboxylic acids is 1. The summed E-state index contributed by atoms with van der Waals surface area (Å²) in [5, 5.41) is 9.09. The van der Waals surface area contributed by atoms with Gasteiger partial charge in [0.25, 0.3) is 0 Å². The summed E-state index contributed by atoms with van der Waals surface area (Å²) in [6, 6.07) is 5.57. The minimum absolute atomic E-state index is 0.660. The molecule has 0 saturated heterocycles. The summed E-state index contributed by atoms with van der Waals surface area (Å²) in [5.74, 6) is -0.976. The fraction of sp³-hybridized carbons (Fsp3) is 0.500. The Labute approximate surface area is 95.3 Å². The van der Waals surface area contributed by atoms with E-state index in [1.165, 1.54) is 7.11 Å². The van der Waals surface area contributed by atoms with Crippen LogP contribution in [0.4, 0.5) is 0 Å². The molecule has 1 aromatic rings. The highest BCUT2D eigenvalue weighted by Gasteiger charge is 2.38. The van der Waals surface area contributed by atoms with Crippen LogP contribution in [0.2, 0.25) is 0 Å². The van der Waals surface area contributed by atoms with Crippen LogP contribution in [0.3, 0.4) is 0 Å². The summed E-state index contributed by atoms with van der Waals surface area (Å²) >= 11 is 0. The van der Waals surface area contributed by atoms with E-state index in [4.69, 9.17) is 9.84 Å². The van der Waals surface area contributed by atoms with Crippen molar-refractivity contribution in [2.45, 2.75) is 32.3 Å². The van der Waals surface area contributed by atoms with Gasteiger partial charge in [0.05, 0.1) is 0 Å². The number of carboxylic acids is 1. The Morgan fingerprint density at radius 2 is 2.12 bits per heavy atom. The molecule has 1 unspecified atom stereocenters. The Hall–Kier alpha value is -1.42. The van der Waals surface area contributed by atoms with E-state index in [0.29, 0.717) is 0 Å². The van der Waals surface area contributed by atoms with Gasteiger partial charge in [0, 0.05) is 23.9 Å². The van der Waals surface area contributed by atoms with E-state index in [-0.39, 0.29) is 0 Å². The highest BCUT2D eigenvalue weighted by Crippen LogP contribution is 2.27. The van der Waals surface area contributed by atoms with Gasteiger partial charge >= 0.3 is 5.97 Å². The molecule has 16 heavy (non-hydrogen) atoms. The summed E-state index contributed by atoms with van der Waals surface area (Å²) in [7, 11) is 1.40. The van der Waals surface area contributed by atoms with E-state index >= 15 is 0 Å². The molecule has 0 amide bonds. The molecule has 1 heterocycles. The third kappa shape index (κ3) is 2.39. The van der Waals surface area contributed by atoms with Crippen molar-refractivity contribution in [3.8, 4) is 0 Å². The SMILES string of the molecule is COC(C(=O)O)C(C)(C)c1cccc(C)n1. The van der Waals surface area contributed by atoms with Crippen LogP contribution < -0.4 is 0 Å². The first-order chi connectivity index (χ1) is 7.39. The van der Waals surface area contributed by atoms with Gasteiger partial charge in [-0.3, -0.25) is 4.98 Å². The molecular weight excluding hydrogens is 206 g/mol.